The van der Waals surface area contributed by atoms with E-state index in [9.17, 15) is 14.4 Å². The third-order valence-electron chi connectivity index (χ3n) is 6.05. The van der Waals surface area contributed by atoms with Gasteiger partial charge in [0.05, 0.1) is 12.7 Å². The van der Waals surface area contributed by atoms with E-state index < -0.39 is 35.2 Å². The molecule has 0 fully saturated rings. The summed E-state index contributed by atoms with van der Waals surface area (Å²) in [6, 6.07) is 14.5. The summed E-state index contributed by atoms with van der Waals surface area (Å²) in [7, 11) is 4.45. The smallest absolute Gasteiger partial charge is 0.333 e. The van der Waals surface area contributed by atoms with Crippen molar-refractivity contribution < 1.29 is 19.0 Å². The molecule has 0 saturated heterocycles. The van der Waals surface area contributed by atoms with Crippen LogP contribution in [0.15, 0.2) is 58.1 Å². The minimum Gasteiger partial charge on any atom is -0.493 e. The van der Waals surface area contributed by atoms with Crippen molar-refractivity contribution in [3.8, 4) is 17.4 Å². The summed E-state index contributed by atoms with van der Waals surface area (Å²) in [5.74, 6) is -1.14. The molecule has 3 aromatic rings. The summed E-state index contributed by atoms with van der Waals surface area (Å²) >= 11 is 0. The van der Waals surface area contributed by atoms with E-state index in [-0.39, 0.29) is 17.2 Å². The molecular formula is C23H20N2O6. The molecule has 2 aromatic carbocycles. The molecule has 8 heteroatoms. The zero-order valence-electron chi connectivity index (χ0n) is 17.2. The zero-order chi connectivity index (χ0) is 21.9. The van der Waals surface area contributed by atoms with Gasteiger partial charge < -0.3 is 14.2 Å². The van der Waals surface area contributed by atoms with E-state index in [2.05, 4.69) is 0 Å². The average Bonchev–Trinajstić information content (AvgIpc) is 2.80. The third-order valence-corrected chi connectivity index (χ3v) is 6.05. The van der Waals surface area contributed by atoms with Crippen molar-refractivity contribution in [3.63, 3.8) is 0 Å². The van der Waals surface area contributed by atoms with Crippen LogP contribution < -0.4 is 25.5 Å². The number of carbonyl (C=O) groups excluding carboxylic acids is 1. The van der Waals surface area contributed by atoms with Crippen LogP contribution >= 0.6 is 0 Å². The van der Waals surface area contributed by atoms with Gasteiger partial charge in [0.1, 0.15) is 12.0 Å². The summed E-state index contributed by atoms with van der Waals surface area (Å²) in [6.07, 6.45) is -0.733. The molecular weight excluding hydrogens is 400 g/mol. The van der Waals surface area contributed by atoms with E-state index in [1.165, 1.54) is 18.7 Å². The molecule has 31 heavy (non-hydrogen) atoms. The van der Waals surface area contributed by atoms with Gasteiger partial charge in [-0.25, -0.2) is 4.79 Å². The fraction of sp³-hybridized carbons (Fsp3) is 0.261. The Morgan fingerprint density at radius 1 is 0.935 bits per heavy atom. The Balaban J connectivity index is 1.87. The van der Waals surface area contributed by atoms with Crippen molar-refractivity contribution in [2.75, 3.05) is 7.11 Å². The number of methoxy groups -OCH3 is 1. The highest BCUT2D eigenvalue weighted by Crippen LogP contribution is 2.54. The fourth-order valence-electron chi connectivity index (χ4n) is 4.55. The molecule has 3 heterocycles. The van der Waals surface area contributed by atoms with E-state index in [0.717, 1.165) is 10.1 Å². The molecule has 2 aliphatic heterocycles. The van der Waals surface area contributed by atoms with Gasteiger partial charge in [-0.1, -0.05) is 42.5 Å². The number of nitrogens with zero attached hydrogens (tertiary/aromatic N) is 2. The Hall–Kier alpha value is -3.81. The lowest BCUT2D eigenvalue weighted by Crippen LogP contribution is -2.48. The molecule has 5 rings (SSSR count). The standard InChI is InChI=1S/C23H20N2O6/c1-24-20(26)17-15-13-10-7-11-14(29-3)19(13)31-22(27)16(15)18(12-8-5-4-6-9-12)30-21(17)25(2)23(24)28/h4-11,15-16,18H,1-3H3/t15-,16+,18-/m1/s1. The molecule has 1 aromatic heterocycles. The second kappa shape index (κ2) is 6.87. The van der Waals surface area contributed by atoms with Gasteiger partial charge >= 0.3 is 11.7 Å². The summed E-state index contributed by atoms with van der Waals surface area (Å²) < 4.78 is 19.6. The molecule has 0 N–H and O–H groups in total. The van der Waals surface area contributed by atoms with Crippen LogP contribution in [0.1, 0.15) is 28.7 Å². The second-order valence-corrected chi connectivity index (χ2v) is 7.68. The number of esters is 1. The number of ether oxygens (including phenoxy) is 3. The molecule has 8 nitrogen and oxygen atoms in total. The summed E-state index contributed by atoms with van der Waals surface area (Å²) in [4.78, 5) is 39.1. The SMILES string of the molecule is COc1cccc2c1OC(=O)[C@H]1[C@@H]2c2c(n(C)c(=O)n(C)c2=O)O[C@@H]1c1ccccc1. The van der Waals surface area contributed by atoms with Crippen LogP contribution in [0.25, 0.3) is 0 Å². The number of para-hydroxylation sites is 1. The van der Waals surface area contributed by atoms with Crippen molar-refractivity contribution in [2.45, 2.75) is 12.0 Å². The van der Waals surface area contributed by atoms with Gasteiger partial charge in [0, 0.05) is 25.6 Å². The topological polar surface area (TPSA) is 88.8 Å². The van der Waals surface area contributed by atoms with Crippen molar-refractivity contribution in [1.29, 1.82) is 0 Å². The molecule has 2 aliphatic rings. The van der Waals surface area contributed by atoms with Gasteiger partial charge in [-0.3, -0.25) is 18.7 Å². The van der Waals surface area contributed by atoms with Crippen LogP contribution in [0.2, 0.25) is 0 Å². The van der Waals surface area contributed by atoms with Gasteiger partial charge in [-0.05, 0) is 11.6 Å². The first-order valence-electron chi connectivity index (χ1n) is 9.84. The van der Waals surface area contributed by atoms with Gasteiger partial charge in [0.25, 0.3) is 5.56 Å². The molecule has 3 atom stereocenters. The van der Waals surface area contributed by atoms with E-state index >= 15 is 0 Å². The Bertz CT molecular complexity index is 1320. The molecule has 158 valence electrons. The number of rotatable bonds is 2. The molecule has 0 radical (unpaired) electrons. The average molecular weight is 420 g/mol. The lowest BCUT2D eigenvalue weighted by Gasteiger charge is -2.41. The van der Waals surface area contributed by atoms with Gasteiger partial charge in [0.15, 0.2) is 11.5 Å². The molecule has 0 amide bonds. The quantitative estimate of drug-likeness (QED) is 0.465. The summed E-state index contributed by atoms with van der Waals surface area (Å²) in [6.45, 7) is 0. The van der Waals surface area contributed by atoms with Crippen LogP contribution in [-0.2, 0) is 18.9 Å². The van der Waals surface area contributed by atoms with Gasteiger partial charge in [-0.2, -0.15) is 0 Å². The molecule has 0 spiro atoms. The normalized spacial score (nSPS) is 21.3. The Morgan fingerprint density at radius 3 is 2.39 bits per heavy atom. The maximum atomic E-state index is 13.3. The second-order valence-electron chi connectivity index (χ2n) is 7.68. The van der Waals surface area contributed by atoms with E-state index in [1.54, 1.807) is 19.2 Å². The minimum atomic E-state index is -0.806. The van der Waals surface area contributed by atoms with Crippen molar-refractivity contribution in [1.82, 2.24) is 9.13 Å². The Kier molecular flexibility index (Phi) is 4.25. The highest BCUT2D eigenvalue weighted by Gasteiger charge is 2.52. The van der Waals surface area contributed by atoms with Crippen molar-refractivity contribution in [3.05, 3.63) is 86.1 Å². The fourth-order valence-corrected chi connectivity index (χ4v) is 4.55. The predicted octanol–water partition coefficient (Wildman–Crippen LogP) is 1.89. The van der Waals surface area contributed by atoms with E-state index in [4.69, 9.17) is 14.2 Å². The van der Waals surface area contributed by atoms with Gasteiger partial charge in [-0.15, -0.1) is 0 Å². The zero-order valence-corrected chi connectivity index (χ0v) is 17.2. The maximum Gasteiger partial charge on any atom is 0.333 e. The molecule has 0 aliphatic carbocycles. The third kappa shape index (κ3) is 2.64. The number of aromatic nitrogens is 2. The van der Waals surface area contributed by atoms with E-state index in [1.807, 2.05) is 36.4 Å². The minimum absolute atomic E-state index is 0.159. The lowest BCUT2D eigenvalue weighted by molar-refractivity contribution is -0.146. The molecule has 0 unspecified atom stereocenters. The lowest BCUT2D eigenvalue weighted by atomic mass is 9.73. The van der Waals surface area contributed by atoms with Crippen LogP contribution in [0.5, 0.6) is 17.4 Å². The first kappa shape index (κ1) is 19.2. The van der Waals surface area contributed by atoms with Crippen LogP contribution in [-0.4, -0.2) is 22.2 Å². The monoisotopic (exact) mass is 420 g/mol. The number of hydrogen-bond acceptors (Lipinski definition) is 6. The van der Waals surface area contributed by atoms with Crippen molar-refractivity contribution >= 4 is 5.97 Å². The Morgan fingerprint density at radius 2 is 1.68 bits per heavy atom. The Labute approximate surface area is 177 Å². The highest BCUT2D eigenvalue weighted by molar-refractivity contribution is 5.83. The van der Waals surface area contributed by atoms with Crippen LogP contribution in [0.3, 0.4) is 0 Å². The molecule has 0 saturated carbocycles. The number of fused-ring (bicyclic) bond motifs is 5. The van der Waals surface area contributed by atoms with Crippen LogP contribution in [0, 0.1) is 5.92 Å². The number of hydrogen-bond donors (Lipinski definition) is 0. The summed E-state index contributed by atoms with van der Waals surface area (Å²) in [5.41, 5.74) is 0.652. The first-order valence-corrected chi connectivity index (χ1v) is 9.84. The molecule has 0 bridgehead atoms. The number of carbonyl (C=O) groups is 1. The van der Waals surface area contributed by atoms with E-state index in [0.29, 0.717) is 11.3 Å². The highest BCUT2D eigenvalue weighted by atomic mass is 16.6. The largest absolute Gasteiger partial charge is 0.493 e. The summed E-state index contributed by atoms with van der Waals surface area (Å²) in [5, 5.41) is 0. The number of benzene rings is 2. The maximum absolute atomic E-state index is 13.3. The predicted molar refractivity (Wildman–Crippen MR) is 111 cm³/mol. The van der Waals surface area contributed by atoms with Crippen molar-refractivity contribution in [2.24, 2.45) is 20.0 Å². The van der Waals surface area contributed by atoms with Gasteiger partial charge in [0.2, 0.25) is 5.88 Å². The van der Waals surface area contributed by atoms with Crippen LogP contribution in [0.4, 0.5) is 0 Å². The first-order chi connectivity index (χ1) is 14.9.